The summed E-state index contributed by atoms with van der Waals surface area (Å²) in [5, 5.41) is 12.8. The van der Waals surface area contributed by atoms with Crippen LogP contribution in [-0.4, -0.2) is 34.7 Å². The van der Waals surface area contributed by atoms with Crippen LogP contribution in [0.1, 0.15) is 12.5 Å². The van der Waals surface area contributed by atoms with Crippen molar-refractivity contribution in [3.05, 3.63) is 36.0 Å². The van der Waals surface area contributed by atoms with Crippen molar-refractivity contribution in [2.24, 2.45) is 5.73 Å². The number of para-hydroxylation sites is 1. The van der Waals surface area contributed by atoms with Gasteiger partial charge in [-0.3, -0.25) is 4.79 Å². The van der Waals surface area contributed by atoms with Gasteiger partial charge in [-0.15, -0.1) is 0 Å². The number of benzene rings is 1. The molecule has 19 heavy (non-hydrogen) atoms. The molecule has 102 valence electrons. The van der Waals surface area contributed by atoms with E-state index in [0.29, 0.717) is 6.42 Å². The highest BCUT2D eigenvalue weighted by Crippen LogP contribution is 2.18. The Morgan fingerprint density at radius 1 is 1.47 bits per heavy atom. The zero-order valence-corrected chi connectivity index (χ0v) is 10.9. The van der Waals surface area contributed by atoms with Crippen LogP contribution in [0.3, 0.4) is 0 Å². The first-order valence-electron chi connectivity index (χ1n) is 6.34. The van der Waals surface area contributed by atoms with E-state index in [1.54, 1.807) is 6.92 Å². The first kappa shape index (κ1) is 13.6. The number of hydrogen-bond donors (Lipinski definition) is 4. The Balaban J connectivity index is 2.02. The average molecular weight is 261 g/mol. The van der Waals surface area contributed by atoms with Gasteiger partial charge in [0.15, 0.2) is 0 Å². The van der Waals surface area contributed by atoms with E-state index in [4.69, 9.17) is 10.8 Å². The van der Waals surface area contributed by atoms with Crippen LogP contribution in [0.5, 0.6) is 0 Å². The summed E-state index contributed by atoms with van der Waals surface area (Å²) < 4.78 is 0. The Morgan fingerprint density at radius 2 is 2.21 bits per heavy atom. The number of nitrogens with one attached hydrogen (secondary N) is 2. The van der Waals surface area contributed by atoms with E-state index in [1.165, 1.54) is 0 Å². The molecule has 2 rings (SSSR count). The lowest BCUT2D eigenvalue weighted by atomic mass is 10.1. The maximum atomic E-state index is 11.8. The molecule has 0 spiro atoms. The smallest absolute Gasteiger partial charge is 0.237 e. The number of carbonyl (C=O) groups is 1. The first-order chi connectivity index (χ1) is 9.08. The lowest BCUT2D eigenvalue weighted by molar-refractivity contribution is -0.122. The van der Waals surface area contributed by atoms with Crippen LogP contribution >= 0.6 is 0 Å². The number of rotatable bonds is 5. The molecule has 0 saturated heterocycles. The Labute approximate surface area is 111 Å². The molecule has 0 saturated carbocycles. The van der Waals surface area contributed by atoms with Gasteiger partial charge < -0.3 is 21.1 Å². The van der Waals surface area contributed by atoms with Gasteiger partial charge in [-0.25, -0.2) is 0 Å². The SMILES string of the molecule is C[C@@H](O)CNC(=O)C(N)Cc1c[nH]c2ccccc12. The lowest BCUT2D eigenvalue weighted by Crippen LogP contribution is -2.44. The van der Waals surface area contributed by atoms with Gasteiger partial charge in [-0.1, -0.05) is 18.2 Å². The van der Waals surface area contributed by atoms with Crippen molar-refractivity contribution in [1.29, 1.82) is 0 Å². The number of aliphatic hydroxyl groups excluding tert-OH is 1. The fourth-order valence-electron chi connectivity index (χ4n) is 2.01. The van der Waals surface area contributed by atoms with Crippen LogP contribution in [0.15, 0.2) is 30.5 Å². The fraction of sp³-hybridized carbons (Fsp3) is 0.357. The Hall–Kier alpha value is -1.85. The molecule has 2 aromatic rings. The van der Waals surface area contributed by atoms with Crippen LogP contribution in [0.2, 0.25) is 0 Å². The Kier molecular flexibility index (Phi) is 4.19. The molecular weight excluding hydrogens is 242 g/mol. The van der Waals surface area contributed by atoms with E-state index >= 15 is 0 Å². The van der Waals surface area contributed by atoms with Crippen LogP contribution in [0, 0.1) is 0 Å². The number of nitrogens with two attached hydrogens (primary N) is 1. The van der Waals surface area contributed by atoms with Crippen molar-refractivity contribution in [3.63, 3.8) is 0 Å². The highest BCUT2D eigenvalue weighted by Gasteiger charge is 2.16. The van der Waals surface area contributed by atoms with Gasteiger partial charge in [-0.05, 0) is 25.0 Å². The van der Waals surface area contributed by atoms with Crippen molar-refractivity contribution < 1.29 is 9.90 Å². The van der Waals surface area contributed by atoms with Crippen LogP contribution < -0.4 is 11.1 Å². The maximum Gasteiger partial charge on any atom is 0.237 e. The molecule has 0 aliphatic heterocycles. The molecule has 5 N–H and O–H groups in total. The zero-order valence-electron chi connectivity index (χ0n) is 10.9. The molecular formula is C14H19N3O2. The molecule has 0 aliphatic rings. The van der Waals surface area contributed by atoms with Gasteiger partial charge in [-0.2, -0.15) is 0 Å². The highest BCUT2D eigenvalue weighted by atomic mass is 16.3. The number of amides is 1. The molecule has 1 aromatic heterocycles. The molecule has 1 unspecified atom stereocenters. The number of aliphatic hydroxyl groups is 1. The molecule has 0 fully saturated rings. The van der Waals surface area contributed by atoms with Gasteiger partial charge in [0.25, 0.3) is 0 Å². The molecule has 0 aliphatic carbocycles. The summed E-state index contributed by atoms with van der Waals surface area (Å²) in [6.07, 6.45) is 1.78. The second-order valence-corrected chi connectivity index (χ2v) is 4.76. The van der Waals surface area contributed by atoms with E-state index < -0.39 is 12.1 Å². The zero-order chi connectivity index (χ0) is 13.8. The molecule has 0 radical (unpaired) electrons. The standard InChI is InChI=1S/C14H19N3O2/c1-9(18)7-17-14(19)12(15)6-10-8-16-13-5-3-2-4-11(10)13/h2-5,8-9,12,16,18H,6-7,15H2,1H3,(H,17,19)/t9-,12?/m1/s1. The van der Waals surface area contributed by atoms with E-state index in [1.807, 2.05) is 30.5 Å². The number of H-pyrrole nitrogens is 1. The van der Waals surface area contributed by atoms with Crippen LogP contribution in [0.25, 0.3) is 10.9 Å². The number of fused-ring (bicyclic) bond motifs is 1. The number of carbonyl (C=O) groups excluding carboxylic acids is 1. The number of aromatic nitrogens is 1. The van der Waals surface area contributed by atoms with Crippen molar-refractivity contribution in [2.45, 2.75) is 25.5 Å². The summed E-state index contributed by atoms with van der Waals surface area (Å²) in [6, 6.07) is 7.29. The summed E-state index contributed by atoms with van der Waals surface area (Å²) in [4.78, 5) is 14.9. The van der Waals surface area contributed by atoms with Crippen LogP contribution in [0.4, 0.5) is 0 Å². The minimum Gasteiger partial charge on any atom is -0.392 e. The van der Waals surface area contributed by atoms with Gasteiger partial charge in [0.1, 0.15) is 0 Å². The molecule has 0 bridgehead atoms. The van der Waals surface area contributed by atoms with Gasteiger partial charge in [0.2, 0.25) is 5.91 Å². The van der Waals surface area contributed by atoms with Gasteiger partial charge in [0, 0.05) is 23.6 Å². The summed E-state index contributed by atoms with van der Waals surface area (Å²) >= 11 is 0. The van der Waals surface area contributed by atoms with Crippen molar-refractivity contribution in [2.75, 3.05) is 6.54 Å². The third-order valence-electron chi connectivity index (χ3n) is 3.02. The number of aromatic amines is 1. The molecule has 5 heteroatoms. The van der Waals surface area contributed by atoms with Gasteiger partial charge >= 0.3 is 0 Å². The second-order valence-electron chi connectivity index (χ2n) is 4.76. The average Bonchev–Trinajstić information content (AvgIpc) is 2.79. The Bertz CT molecular complexity index is 563. The van der Waals surface area contributed by atoms with E-state index in [0.717, 1.165) is 16.5 Å². The summed E-state index contributed by atoms with van der Waals surface area (Å²) in [6.45, 7) is 1.84. The topological polar surface area (TPSA) is 91.1 Å². The minimum atomic E-state index is -0.613. The van der Waals surface area contributed by atoms with Crippen LogP contribution in [-0.2, 0) is 11.2 Å². The third-order valence-corrected chi connectivity index (χ3v) is 3.02. The minimum absolute atomic E-state index is 0.223. The third kappa shape index (κ3) is 3.33. The predicted molar refractivity (Wildman–Crippen MR) is 74.7 cm³/mol. The van der Waals surface area contributed by atoms with Gasteiger partial charge in [0.05, 0.1) is 12.1 Å². The highest BCUT2D eigenvalue weighted by molar-refractivity contribution is 5.86. The van der Waals surface area contributed by atoms with Crippen molar-refractivity contribution in [1.82, 2.24) is 10.3 Å². The predicted octanol–water partition coefficient (Wildman–Crippen LogP) is 0.535. The number of hydrogen-bond acceptors (Lipinski definition) is 3. The van der Waals surface area contributed by atoms with E-state index in [2.05, 4.69) is 10.3 Å². The quantitative estimate of drug-likeness (QED) is 0.633. The Morgan fingerprint density at radius 3 is 2.95 bits per heavy atom. The molecule has 1 aromatic carbocycles. The summed E-state index contributed by atoms with van der Waals surface area (Å²) in [5.74, 6) is -0.244. The van der Waals surface area contributed by atoms with E-state index in [-0.39, 0.29) is 12.5 Å². The molecule has 2 atom stereocenters. The molecule has 5 nitrogen and oxygen atoms in total. The largest absolute Gasteiger partial charge is 0.392 e. The normalized spacial score (nSPS) is 14.3. The van der Waals surface area contributed by atoms with Crippen molar-refractivity contribution >= 4 is 16.8 Å². The van der Waals surface area contributed by atoms with Crippen molar-refractivity contribution in [3.8, 4) is 0 Å². The molecule has 1 amide bonds. The summed E-state index contributed by atoms with van der Waals surface area (Å²) in [7, 11) is 0. The monoisotopic (exact) mass is 261 g/mol. The second kappa shape index (κ2) is 5.86. The summed E-state index contributed by atoms with van der Waals surface area (Å²) in [5.41, 5.74) is 7.94. The lowest BCUT2D eigenvalue weighted by Gasteiger charge is -2.12. The maximum absolute atomic E-state index is 11.8. The fourth-order valence-corrected chi connectivity index (χ4v) is 2.01. The molecule has 1 heterocycles. The first-order valence-corrected chi connectivity index (χ1v) is 6.34. The van der Waals surface area contributed by atoms with E-state index in [9.17, 15) is 4.79 Å².